The zero-order valence-corrected chi connectivity index (χ0v) is 12.9. The largest absolute Gasteiger partial charge is 0.396 e. The van der Waals surface area contributed by atoms with Crippen LogP contribution in [0.3, 0.4) is 0 Å². The normalized spacial score (nSPS) is 13.2. The molecule has 0 aliphatic rings. The predicted molar refractivity (Wildman–Crippen MR) is 68.4 cm³/mol. The molecule has 84 valence electrons. The molecule has 0 N–H and O–H groups in total. The van der Waals surface area contributed by atoms with Crippen LogP contribution in [-0.4, -0.2) is 26.6 Å². The number of carbonyl (C=O) groups excluding carboxylic acids is 1. The number of nitrogens with zero attached hydrogens (tertiary/aromatic N) is 1. The zero-order chi connectivity index (χ0) is 11.7. The van der Waals surface area contributed by atoms with Gasteiger partial charge < -0.3 is 4.23 Å². The first-order valence-corrected chi connectivity index (χ1v) is 12.2. The van der Waals surface area contributed by atoms with Gasteiger partial charge in [-0.1, -0.05) is 53.1 Å². The Bertz CT molecular complexity index is 199. The molecule has 0 unspecified atom stereocenters. The molecule has 0 radical (unpaired) electrons. The summed E-state index contributed by atoms with van der Waals surface area (Å²) in [5.41, 5.74) is 0. The van der Waals surface area contributed by atoms with Gasteiger partial charge >= 0.3 is 0 Å². The molecule has 0 saturated heterocycles. The number of hydrogen-bond acceptors (Lipinski definition) is 1. The third-order valence-corrected chi connectivity index (χ3v) is 9.20. The molecule has 14 heavy (non-hydrogen) atoms. The lowest BCUT2D eigenvalue weighted by atomic mass is 10.2. The van der Waals surface area contributed by atoms with Crippen LogP contribution in [0.5, 0.6) is 0 Å². The van der Waals surface area contributed by atoms with Gasteiger partial charge in [-0.15, -0.1) is 0 Å². The molecule has 4 heteroatoms. The molecule has 0 aliphatic carbocycles. The van der Waals surface area contributed by atoms with Gasteiger partial charge in [-0.2, -0.15) is 0 Å². The number of rotatable bonds is 3. The first kappa shape index (κ1) is 13.9. The lowest BCUT2D eigenvalue weighted by Gasteiger charge is -2.44. The van der Waals surface area contributed by atoms with Crippen LogP contribution in [-0.2, 0) is 4.79 Å². The standard InChI is InChI=1S/C10H25NOSi2/c1-9(2)10(12)11(13(3,4)5)14(6,7)8/h9H,1-8H3. The molecule has 1 amide bonds. The molecular weight excluding hydrogens is 206 g/mol. The van der Waals surface area contributed by atoms with Crippen molar-refractivity contribution in [1.82, 2.24) is 4.23 Å². The molecule has 0 rings (SSSR count). The van der Waals surface area contributed by atoms with Crippen molar-refractivity contribution in [2.45, 2.75) is 53.1 Å². The summed E-state index contributed by atoms with van der Waals surface area (Å²) in [6, 6.07) is 0. The van der Waals surface area contributed by atoms with Crippen molar-refractivity contribution in [3.8, 4) is 0 Å². The van der Waals surface area contributed by atoms with Gasteiger partial charge in [-0.3, -0.25) is 4.79 Å². The van der Waals surface area contributed by atoms with Crippen LogP contribution >= 0.6 is 0 Å². The number of amides is 1. The Kier molecular flexibility index (Phi) is 4.16. The fourth-order valence-corrected chi connectivity index (χ4v) is 11.8. The number of hydrogen-bond donors (Lipinski definition) is 0. The highest BCUT2D eigenvalue weighted by Crippen LogP contribution is 2.22. The fourth-order valence-electron chi connectivity index (χ4n) is 1.93. The first-order valence-electron chi connectivity index (χ1n) is 5.32. The van der Waals surface area contributed by atoms with E-state index in [2.05, 4.69) is 43.5 Å². The lowest BCUT2D eigenvalue weighted by Crippen LogP contribution is -2.62. The van der Waals surface area contributed by atoms with E-state index in [4.69, 9.17) is 0 Å². The van der Waals surface area contributed by atoms with Gasteiger partial charge in [0.15, 0.2) is 0 Å². The van der Waals surface area contributed by atoms with Gasteiger partial charge in [-0.05, 0) is 0 Å². The van der Waals surface area contributed by atoms with Crippen LogP contribution in [0.15, 0.2) is 0 Å². The van der Waals surface area contributed by atoms with Crippen LogP contribution in [0.1, 0.15) is 13.8 Å². The van der Waals surface area contributed by atoms with Crippen LogP contribution in [0, 0.1) is 5.92 Å². The first-order chi connectivity index (χ1) is 5.98. The average Bonchev–Trinajstić information content (AvgIpc) is 1.79. The van der Waals surface area contributed by atoms with Crippen LogP contribution in [0.4, 0.5) is 0 Å². The molecule has 0 heterocycles. The fraction of sp³-hybridized carbons (Fsp3) is 0.900. The molecule has 0 bridgehead atoms. The van der Waals surface area contributed by atoms with Gasteiger partial charge in [0.1, 0.15) is 16.5 Å². The third-order valence-electron chi connectivity index (χ3n) is 2.06. The van der Waals surface area contributed by atoms with Crippen molar-refractivity contribution in [3.63, 3.8) is 0 Å². The van der Waals surface area contributed by atoms with Gasteiger partial charge in [0.05, 0.1) is 0 Å². The van der Waals surface area contributed by atoms with Crippen LogP contribution in [0.2, 0.25) is 39.3 Å². The van der Waals surface area contributed by atoms with Crippen molar-refractivity contribution in [2.24, 2.45) is 5.92 Å². The van der Waals surface area contributed by atoms with E-state index < -0.39 is 16.5 Å². The van der Waals surface area contributed by atoms with Crippen LogP contribution < -0.4 is 0 Å². The third kappa shape index (κ3) is 3.57. The van der Waals surface area contributed by atoms with E-state index in [9.17, 15) is 4.79 Å². The second-order valence-corrected chi connectivity index (χ2v) is 16.2. The SMILES string of the molecule is CC(C)C(=O)N([Si](C)(C)C)[Si](C)(C)C. The maximum absolute atomic E-state index is 12.1. The van der Waals surface area contributed by atoms with E-state index in [1.165, 1.54) is 0 Å². The smallest absolute Gasteiger partial charge is 0.209 e. The Labute approximate surface area is 90.9 Å². The Balaban J connectivity index is 5.05. The Morgan fingerprint density at radius 2 is 1.21 bits per heavy atom. The number of carbonyl (C=O) groups is 1. The van der Waals surface area contributed by atoms with Crippen molar-refractivity contribution in [3.05, 3.63) is 0 Å². The summed E-state index contributed by atoms with van der Waals surface area (Å²) in [5, 5.41) is 0. The molecule has 0 fully saturated rings. The lowest BCUT2D eigenvalue weighted by molar-refractivity contribution is -0.127. The topological polar surface area (TPSA) is 20.3 Å². The highest BCUT2D eigenvalue weighted by atomic mass is 28.4. The van der Waals surface area contributed by atoms with Gasteiger partial charge in [0.25, 0.3) is 0 Å². The van der Waals surface area contributed by atoms with Crippen molar-refractivity contribution >= 4 is 22.4 Å². The second kappa shape index (κ2) is 4.18. The molecule has 0 aromatic rings. The summed E-state index contributed by atoms with van der Waals surface area (Å²) in [6.45, 7) is 17.5. The van der Waals surface area contributed by atoms with Crippen LogP contribution in [0.25, 0.3) is 0 Å². The molecule has 0 aromatic heterocycles. The molecule has 0 aromatic carbocycles. The summed E-state index contributed by atoms with van der Waals surface area (Å²) < 4.78 is 2.25. The van der Waals surface area contributed by atoms with Gasteiger partial charge in [0, 0.05) is 5.92 Å². The molecule has 0 atom stereocenters. The summed E-state index contributed by atoms with van der Waals surface area (Å²) in [7, 11) is -3.00. The molecule has 2 nitrogen and oxygen atoms in total. The maximum atomic E-state index is 12.1. The van der Waals surface area contributed by atoms with Gasteiger partial charge in [-0.25, -0.2) is 0 Å². The zero-order valence-electron chi connectivity index (χ0n) is 10.9. The Morgan fingerprint density at radius 1 is 0.929 bits per heavy atom. The second-order valence-electron chi connectivity index (χ2n) is 6.17. The summed E-state index contributed by atoms with van der Waals surface area (Å²) in [4.78, 5) is 12.1. The van der Waals surface area contributed by atoms with E-state index in [0.717, 1.165) is 0 Å². The molecular formula is C10H25NOSi2. The van der Waals surface area contributed by atoms with E-state index in [1.807, 2.05) is 13.8 Å². The minimum absolute atomic E-state index is 0.133. The van der Waals surface area contributed by atoms with E-state index >= 15 is 0 Å². The van der Waals surface area contributed by atoms with Crippen molar-refractivity contribution in [2.75, 3.05) is 0 Å². The van der Waals surface area contributed by atoms with E-state index in [-0.39, 0.29) is 5.92 Å². The van der Waals surface area contributed by atoms with Crippen molar-refractivity contribution in [1.29, 1.82) is 0 Å². The monoisotopic (exact) mass is 231 g/mol. The quantitative estimate of drug-likeness (QED) is 0.683. The minimum atomic E-state index is -1.50. The van der Waals surface area contributed by atoms with E-state index in [0.29, 0.717) is 5.91 Å². The maximum Gasteiger partial charge on any atom is 0.209 e. The minimum Gasteiger partial charge on any atom is -0.396 e. The highest BCUT2D eigenvalue weighted by molar-refractivity contribution is 6.92. The van der Waals surface area contributed by atoms with Crippen molar-refractivity contribution < 1.29 is 4.79 Å². The van der Waals surface area contributed by atoms with Gasteiger partial charge in [0.2, 0.25) is 5.91 Å². The van der Waals surface area contributed by atoms with E-state index in [1.54, 1.807) is 0 Å². The molecule has 0 saturated carbocycles. The summed E-state index contributed by atoms with van der Waals surface area (Å²) in [5.74, 6) is 0.483. The summed E-state index contributed by atoms with van der Waals surface area (Å²) in [6.07, 6.45) is 0. The Morgan fingerprint density at radius 3 is 1.29 bits per heavy atom. The molecule has 0 aliphatic heterocycles. The average molecular weight is 231 g/mol. The highest BCUT2D eigenvalue weighted by Gasteiger charge is 2.38. The molecule has 0 spiro atoms. The summed E-state index contributed by atoms with van der Waals surface area (Å²) >= 11 is 0. The Hall–Kier alpha value is -0.0962. The predicted octanol–water partition coefficient (Wildman–Crippen LogP) is 3.14.